The van der Waals surface area contributed by atoms with Gasteiger partial charge in [0, 0.05) is 18.8 Å². The van der Waals surface area contributed by atoms with Crippen molar-refractivity contribution in [3.8, 4) is 0 Å². The molecule has 0 saturated heterocycles. The molecular weight excluding hydrogens is 264 g/mol. The van der Waals surface area contributed by atoms with Gasteiger partial charge in [-0.2, -0.15) is 0 Å². The van der Waals surface area contributed by atoms with Gasteiger partial charge in [0.25, 0.3) is 0 Å². The van der Waals surface area contributed by atoms with Crippen LogP contribution in [0.2, 0.25) is 0 Å². The van der Waals surface area contributed by atoms with Crippen LogP contribution in [0.4, 0.5) is 5.69 Å². The highest BCUT2D eigenvalue weighted by Gasteiger charge is 2.39. The summed E-state index contributed by atoms with van der Waals surface area (Å²) >= 11 is 0. The second-order valence-corrected chi connectivity index (χ2v) is 6.28. The maximum atomic E-state index is 12.6. The van der Waals surface area contributed by atoms with Crippen molar-refractivity contribution in [2.45, 2.75) is 45.6 Å². The van der Waals surface area contributed by atoms with Gasteiger partial charge in [0.2, 0.25) is 11.8 Å². The molecule has 1 fully saturated rings. The molecule has 0 radical (unpaired) electrons. The van der Waals surface area contributed by atoms with Gasteiger partial charge in [0.15, 0.2) is 0 Å². The fraction of sp³-hybridized carbons (Fsp3) is 0.529. The van der Waals surface area contributed by atoms with E-state index in [1.807, 2.05) is 30.3 Å². The lowest BCUT2D eigenvalue weighted by Gasteiger charge is -2.29. The van der Waals surface area contributed by atoms with Gasteiger partial charge in [-0.1, -0.05) is 31.0 Å². The Labute approximate surface area is 126 Å². The number of para-hydroxylation sites is 1. The first-order valence-electron chi connectivity index (χ1n) is 7.57. The highest BCUT2D eigenvalue weighted by molar-refractivity contribution is 6.10. The molecule has 0 aliphatic heterocycles. The van der Waals surface area contributed by atoms with E-state index < -0.39 is 5.41 Å². The van der Waals surface area contributed by atoms with Gasteiger partial charge < -0.3 is 10.2 Å². The van der Waals surface area contributed by atoms with Crippen molar-refractivity contribution < 1.29 is 9.59 Å². The van der Waals surface area contributed by atoms with Crippen molar-refractivity contribution in [2.75, 3.05) is 11.9 Å². The molecule has 2 rings (SSSR count). The van der Waals surface area contributed by atoms with Crippen LogP contribution in [0, 0.1) is 5.41 Å². The van der Waals surface area contributed by atoms with E-state index in [1.54, 1.807) is 25.8 Å². The summed E-state index contributed by atoms with van der Waals surface area (Å²) in [6.45, 7) is 3.39. The van der Waals surface area contributed by atoms with Gasteiger partial charge in [-0.05, 0) is 38.8 Å². The molecule has 4 nitrogen and oxygen atoms in total. The molecule has 1 N–H and O–H groups in total. The van der Waals surface area contributed by atoms with E-state index in [0.29, 0.717) is 0 Å². The molecular formula is C17H24N2O2. The van der Waals surface area contributed by atoms with E-state index >= 15 is 0 Å². The summed E-state index contributed by atoms with van der Waals surface area (Å²) in [6.07, 6.45) is 4.35. The Kier molecular flexibility index (Phi) is 4.66. The minimum atomic E-state index is -1.06. The maximum Gasteiger partial charge on any atom is 0.241 e. The Morgan fingerprint density at radius 2 is 1.71 bits per heavy atom. The van der Waals surface area contributed by atoms with Crippen LogP contribution in [-0.2, 0) is 9.59 Å². The lowest BCUT2D eigenvalue weighted by atomic mass is 9.89. The summed E-state index contributed by atoms with van der Waals surface area (Å²) in [5.74, 6) is -0.369. The average Bonchev–Trinajstić information content (AvgIpc) is 2.99. The summed E-state index contributed by atoms with van der Waals surface area (Å²) in [7, 11) is 1.71. The maximum absolute atomic E-state index is 12.6. The Bertz CT molecular complexity index is 505. The number of carbonyl (C=O) groups is 2. The molecule has 1 aliphatic rings. The average molecular weight is 288 g/mol. The number of carbonyl (C=O) groups excluding carboxylic acids is 2. The van der Waals surface area contributed by atoms with Crippen molar-refractivity contribution in [3.63, 3.8) is 0 Å². The third-order valence-electron chi connectivity index (χ3n) is 4.24. The smallest absolute Gasteiger partial charge is 0.241 e. The molecule has 2 amide bonds. The van der Waals surface area contributed by atoms with E-state index in [9.17, 15) is 9.59 Å². The third kappa shape index (κ3) is 3.43. The molecule has 4 heteroatoms. The third-order valence-corrected chi connectivity index (χ3v) is 4.24. The molecule has 1 aromatic carbocycles. The van der Waals surface area contributed by atoms with E-state index in [0.717, 1.165) is 31.4 Å². The Morgan fingerprint density at radius 3 is 2.29 bits per heavy atom. The molecule has 0 aromatic heterocycles. The van der Waals surface area contributed by atoms with Crippen LogP contribution in [0.15, 0.2) is 30.3 Å². The number of hydrogen-bond acceptors (Lipinski definition) is 2. The van der Waals surface area contributed by atoms with E-state index in [-0.39, 0.29) is 17.9 Å². The number of nitrogens with one attached hydrogen (secondary N) is 1. The Hall–Kier alpha value is -1.84. The number of benzene rings is 1. The van der Waals surface area contributed by atoms with Crippen molar-refractivity contribution in [1.29, 1.82) is 0 Å². The van der Waals surface area contributed by atoms with Crippen LogP contribution in [-0.4, -0.2) is 24.9 Å². The van der Waals surface area contributed by atoms with Gasteiger partial charge in [-0.15, -0.1) is 0 Å². The quantitative estimate of drug-likeness (QED) is 0.866. The van der Waals surface area contributed by atoms with Crippen LogP contribution in [0.5, 0.6) is 0 Å². The second kappa shape index (κ2) is 6.29. The normalized spacial score (nSPS) is 15.8. The van der Waals surface area contributed by atoms with E-state index in [2.05, 4.69) is 5.32 Å². The van der Waals surface area contributed by atoms with Crippen molar-refractivity contribution in [1.82, 2.24) is 5.32 Å². The molecule has 21 heavy (non-hydrogen) atoms. The largest absolute Gasteiger partial charge is 0.352 e. The zero-order chi connectivity index (χ0) is 15.5. The molecule has 1 aliphatic carbocycles. The molecule has 1 saturated carbocycles. The number of amides is 2. The van der Waals surface area contributed by atoms with Crippen LogP contribution in [0.1, 0.15) is 39.5 Å². The highest BCUT2D eigenvalue weighted by atomic mass is 16.2. The molecule has 114 valence electrons. The fourth-order valence-electron chi connectivity index (χ4n) is 2.72. The summed E-state index contributed by atoms with van der Waals surface area (Å²) in [4.78, 5) is 26.6. The van der Waals surface area contributed by atoms with Gasteiger partial charge >= 0.3 is 0 Å². The van der Waals surface area contributed by atoms with Gasteiger partial charge in [-0.3, -0.25) is 9.59 Å². The first-order valence-corrected chi connectivity index (χ1v) is 7.57. The van der Waals surface area contributed by atoms with Crippen molar-refractivity contribution in [3.05, 3.63) is 30.3 Å². The number of rotatable bonds is 4. The van der Waals surface area contributed by atoms with Crippen molar-refractivity contribution >= 4 is 17.5 Å². The molecule has 1 aromatic rings. The van der Waals surface area contributed by atoms with Gasteiger partial charge in [0.1, 0.15) is 5.41 Å². The zero-order valence-electron chi connectivity index (χ0n) is 13.1. The van der Waals surface area contributed by atoms with Crippen LogP contribution in [0.25, 0.3) is 0 Å². The molecule has 0 unspecified atom stereocenters. The second-order valence-electron chi connectivity index (χ2n) is 6.28. The Balaban J connectivity index is 2.06. The summed E-state index contributed by atoms with van der Waals surface area (Å²) in [6, 6.07) is 9.62. The lowest BCUT2D eigenvalue weighted by Crippen LogP contribution is -2.50. The molecule has 0 atom stereocenters. The van der Waals surface area contributed by atoms with E-state index in [4.69, 9.17) is 0 Å². The number of hydrogen-bond donors (Lipinski definition) is 1. The van der Waals surface area contributed by atoms with Crippen LogP contribution < -0.4 is 10.2 Å². The van der Waals surface area contributed by atoms with E-state index in [1.165, 1.54) is 0 Å². The van der Waals surface area contributed by atoms with Crippen LogP contribution >= 0.6 is 0 Å². The minimum absolute atomic E-state index is 0.179. The molecule has 0 heterocycles. The highest BCUT2D eigenvalue weighted by Crippen LogP contribution is 2.25. The topological polar surface area (TPSA) is 49.4 Å². The monoisotopic (exact) mass is 288 g/mol. The SMILES string of the molecule is CN(C(=O)C(C)(C)C(=O)NC1CCCC1)c1ccccc1. The predicted molar refractivity (Wildman–Crippen MR) is 84.0 cm³/mol. The Morgan fingerprint density at radius 1 is 1.14 bits per heavy atom. The minimum Gasteiger partial charge on any atom is -0.352 e. The number of anilines is 1. The predicted octanol–water partition coefficient (Wildman–Crippen LogP) is 2.73. The molecule has 0 spiro atoms. The summed E-state index contributed by atoms with van der Waals surface area (Å²) < 4.78 is 0. The fourth-order valence-corrected chi connectivity index (χ4v) is 2.72. The zero-order valence-corrected chi connectivity index (χ0v) is 13.1. The first-order chi connectivity index (χ1) is 9.93. The lowest BCUT2D eigenvalue weighted by molar-refractivity contribution is -0.140. The van der Waals surface area contributed by atoms with Gasteiger partial charge in [-0.25, -0.2) is 0 Å². The van der Waals surface area contributed by atoms with Crippen LogP contribution in [0.3, 0.4) is 0 Å². The summed E-state index contributed by atoms with van der Waals surface area (Å²) in [5, 5.41) is 3.02. The first kappa shape index (κ1) is 15.5. The van der Waals surface area contributed by atoms with Gasteiger partial charge in [0.05, 0.1) is 0 Å². The van der Waals surface area contributed by atoms with Crippen molar-refractivity contribution in [2.24, 2.45) is 5.41 Å². The standard InChI is InChI=1S/C17H24N2O2/c1-17(2,15(20)18-13-9-7-8-10-13)16(21)19(3)14-11-5-4-6-12-14/h4-6,11-13H,7-10H2,1-3H3,(H,18,20). The number of nitrogens with zero attached hydrogens (tertiary/aromatic N) is 1. The molecule has 0 bridgehead atoms. The summed E-state index contributed by atoms with van der Waals surface area (Å²) in [5.41, 5.74) is -0.267.